The normalized spacial score (nSPS) is 11.4. The van der Waals surface area contributed by atoms with E-state index >= 15 is 0 Å². The quantitative estimate of drug-likeness (QED) is 0.508. The number of nitrogens with zero attached hydrogens (tertiary/aromatic N) is 8. The Morgan fingerprint density at radius 1 is 0.893 bits per heavy atom. The van der Waals surface area contributed by atoms with E-state index < -0.39 is 23.4 Å². The molecule has 2 heterocycles. The first kappa shape index (κ1) is 23.7. The average molecular weight is 437 g/mol. The third-order valence-corrected chi connectivity index (χ3v) is 2.83. The van der Waals surface area contributed by atoms with Gasteiger partial charge in [0.1, 0.15) is 11.2 Å². The molecule has 0 spiro atoms. The van der Waals surface area contributed by atoms with E-state index in [2.05, 4.69) is 30.9 Å². The third-order valence-electron chi connectivity index (χ3n) is 2.35. The maximum Gasteiger partial charge on any atom is 0.454 e. The third kappa shape index (κ3) is 8.13. The van der Waals surface area contributed by atoms with Crippen LogP contribution in [0.2, 0.25) is 0 Å². The van der Waals surface area contributed by atoms with Crippen molar-refractivity contribution >= 4 is 35.4 Å². The van der Waals surface area contributed by atoms with Crippen molar-refractivity contribution in [2.24, 2.45) is 0 Å². The highest BCUT2D eigenvalue weighted by molar-refractivity contribution is 6.17. The first-order chi connectivity index (χ1) is 12.9. The van der Waals surface area contributed by atoms with Crippen LogP contribution in [-0.2, 0) is 21.2 Å². The maximum absolute atomic E-state index is 11.4. The van der Waals surface area contributed by atoms with Gasteiger partial charge in [-0.15, -0.1) is 43.2 Å². The van der Waals surface area contributed by atoms with Crippen molar-refractivity contribution in [1.82, 2.24) is 40.4 Å². The monoisotopic (exact) mass is 436 g/mol. The standard InChI is InChI=1S/2C7H11ClN4O2/c1-7(2,3)14-6(13)12-5(4-8)9-10-11-12;1-7(2,3)14-6(13)12-10-5(4-8)9-11-12/h2*4H2,1-3H3. The zero-order valence-corrected chi connectivity index (χ0v) is 17.9. The predicted octanol–water partition coefficient (Wildman–Crippen LogP) is 2.39. The van der Waals surface area contributed by atoms with Gasteiger partial charge < -0.3 is 9.47 Å². The number of alkyl halides is 2. The van der Waals surface area contributed by atoms with Gasteiger partial charge in [-0.1, -0.05) is 4.80 Å². The molecule has 2 rings (SSSR count). The molecule has 28 heavy (non-hydrogen) atoms. The molecule has 2 aromatic heterocycles. The largest absolute Gasteiger partial charge is 0.454 e. The van der Waals surface area contributed by atoms with Gasteiger partial charge in [-0.2, -0.15) is 0 Å². The number of hydrogen-bond donors (Lipinski definition) is 0. The minimum absolute atomic E-state index is 0.0617. The van der Waals surface area contributed by atoms with Crippen molar-refractivity contribution in [3.05, 3.63) is 11.6 Å². The Morgan fingerprint density at radius 2 is 1.46 bits per heavy atom. The van der Waals surface area contributed by atoms with Gasteiger partial charge in [0.15, 0.2) is 11.6 Å². The highest BCUT2D eigenvalue weighted by Gasteiger charge is 2.21. The van der Waals surface area contributed by atoms with Crippen LogP contribution in [0.25, 0.3) is 0 Å². The number of ether oxygens (including phenoxy) is 2. The van der Waals surface area contributed by atoms with Crippen LogP contribution in [0.15, 0.2) is 0 Å². The highest BCUT2D eigenvalue weighted by Crippen LogP contribution is 2.09. The van der Waals surface area contributed by atoms with Crippen molar-refractivity contribution in [3.8, 4) is 0 Å². The van der Waals surface area contributed by atoms with Crippen molar-refractivity contribution in [2.45, 2.75) is 64.5 Å². The molecule has 0 bridgehead atoms. The Kier molecular flexibility index (Phi) is 8.24. The fourth-order valence-electron chi connectivity index (χ4n) is 1.41. The summed E-state index contributed by atoms with van der Waals surface area (Å²) in [6.07, 6.45) is -1.29. The van der Waals surface area contributed by atoms with E-state index in [1.54, 1.807) is 41.5 Å². The van der Waals surface area contributed by atoms with Crippen LogP contribution < -0.4 is 0 Å². The second kappa shape index (κ2) is 9.73. The summed E-state index contributed by atoms with van der Waals surface area (Å²) in [5.41, 5.74) is -1.15. The molecule has 0 aromatic carbocycles. The van der Waals surface area contributed by atoms with Crippen molar-refractivity contribution < 1.29 is 19.1 Å². The lowest BCUT2D eigenvalue weighted by atomic mass is 10.2. The molecule has 0 radical (unpaired) electrons. The Morgan fingerprint density at radius 3 is 1.93 bits per heavy atom. The van der Waals surface area contributed by atoms with E-state index in [1.807, 2.05) is 0 Å². The molecule has 12 nitrogen and oxygen atoms in total. The first-order valence-electron chi connectivity index (χ1n) is 8.01. The van der Waals surface area contributed by atoms with E-state index in [0.717, 1.165) is 9.48 Å². The number of halogens is 2. The smallest absolute Gasteiger partial charge is 0.442 e. The van der Waals surface area contributed by atoms with Gasteiger partial charge in [0.25, 0.3) is 0 Å². The minimum Gasteiger partial charge on any atom is -0.442 e. The second-order valence-corrected chi connectivity index (χ2v) is 7.76. The highest BCUT2D eigenvalue weighted by atomic mass is 35.5. The van der Waals surface area contributed by atoms with Crippen LogP contribution in [0.5, 0.6) is 0 Å². The summed E-state index contributed by atoms with van der Waals surface area (Å²) in [7, 11) is 0. The summed E-state index contributed by atoms with van der Waals surface area (Å²) in [6, 6.07) is 0. The molecule has 2 aromatic rings. The summed E-state index contributed by atoms with van der Waals surface area (Å²) >= 11 is 11.0. The predicted molar refractivity (Wildman–Crippen MR) is 98.0 cm³/mol. The summed E-state index contributed by atoms with van der Waals surface area (Å²) in [5, 5.41) is 21.1. The molecule has 0 N–H and O–H groups in total. The number of rotatable bonds is 2. The Balaban J connectivity index is 0.000000280. The first-order valence-corrected chi connectivity index (χ1v) is 9.08. The SMILES string of the molecule is CC(C)(C)OC(=O)n1nnc(CCl)n1.CC(C)(C)OC(=O)n1nnnc1CCl. The molecule has 0 aliphatic heterocycles. The molecule has 0 aliphatic rings. The lowest BCUT2D eigenvalue weighted by Gasteiger charge is -2.18. The molecule has 14 heteroatoms. The maximum atomic E-state index is 11.4. The molecular formula is C14H22Cl2N8O4. The number of aromatic nitrogens is 8. The zero-order valence-electron chi connectivity index (χ0n) is 16.4. The molecule has 156 valence electrons. The van der Waals surface area contributed by atoms with Crippen LogP contribution >= 0.6 is 23.2 Å². The summed E-state index contributed by atoms with van der Waals surface area (Å²) in [6.45, 7) is 10.5. The molecule has 0 aliphatic carbocycles. The lowest BCUT2D eigenvalue weighted by molar-refractivity contribution is 0.0480. The second-order valence-electron chi connectivity index (χ2n) is 7.23. The topological polar surface area (TPSA) is 140 Å². The molecule has 0 unspecified atom stereocenters. The molecule has 0 fully saturated rings. The Labute approximate surface area is 171 Å². The summed E-state index contributed by atoms with van der Waals surface area (Å²) < 4.78 is 11.0. The van der Waals surface area contributed by atoms with Gasteiger partial charge >= 0.3 is 12.2 Å². The van der Waals surface area contributed by atoms with Crippen molar-refractivity contribution in [2.75, 3.05) is 0 Å². The minimum atomic E-state index is -0.665. The van der Waals surface area contributed by atoms with E-state index in [4.69, 9.17) is 32.7 Å². The van der Waals surface area contributed by atoms with E-state index in [1.165, 1.54) is 0 Å². The fourth-order valence-corrected chi connectivity index (χ4v) is 1.69. The Bertz CT molecular complexity index is 794. The number of hydrogen-bond acceptors (Lipinski definition) is 10. The van der Waals surface area contributed by atoms with E-state index in [-0.39, 0.29) is 23.4 Å². The van der Waals surface area contributed by atoms with Crippen molar-refractivity contribution in [1.29, 1.82) is 0 Å². The average Bonchev–Trinajstić information content (AvgIpc) is 3.21. The number of tetrazole rings is 2. The van der Waals surface area contributed by atoms with Crippen LogP contribution in [0.1, 0.15) is 53.2 Å². The summed E-state index contributed by atoms with van der Waals surface area (Å²) in [5.74, 6) is 0.730. The Hall–Kier alpha value is -2.34. The molecule has 0 saturated heterocycles. The van der Waals surface area contributed by atoms with Gasteiger partial charge in [-0.05, 0) is 57.2 Å². The van der Waals surface area contributed by atoms with Gasteiger partial charge in [-0.3, -0.25) is 0 Å². The van der Waals surface area contributed by atoms with Gasteiger partial charge in [-0.25, -0.2) is 9.59 Å². The molecule has 0 atom stereocenters. The van der Waals surface area contributed by atoms with Crippen molar-refractivity contribution in [3.63, 3.8) is 0 Å². The van der Waals surface area contributed by atoms with Crippen LogP contribution in [0, 0.1) is 0 Å². The van der Waals surface area contributed by atoms with Crippen LogP contribution in [0.4, 0.5) is 9.59 Å². The van der Waals surface area contributed by atoms with Gasteiger partial charge in [0.2, 0.25) is 0 Å². The zero-order chi connectivity index (χ0) is 21.5. The fraction of sp³-hybridized carbons (Fsp3) is 0.714. The van der Waals surface area contributed by atoms with Gasteiger partial charge in [0.05, 0.1) is 11.8 Å². The molecule has 0 saturated carbocycles. The van der Waals surface area contributed by atoms with Gasteiger partial charge in [0, 0.05) is 0 Å². The summed E-state index contributed by atoms with van der Waals surface area (Å²) in [4.78, 5) is 23.5. The molecular weight excluding hydrogens is 415 g/mol. The van der Waals surface area contributed by atoms with E-state index in [0.29, 0.717) is 0 Å². The molecule has 0 amide bonds. The lowest BCUT2D eigenvalue weighted by Crippen LogP contribution is -2.28. The van der Waals surface area contributed by atoms with E-state index in [9.17, 15) is 9.59 Å². The van der Waals surface area contributed by atoms with Crippen LogP contribution in [0.3, 0.4) is 0 Å². The number of carbonyl (C=O) groups is 2. The number of carbonyl (C=O) groups excluding carboxylic acids is 2. The van der Waals surface area contributed by atoms with Crippen LogP contribution in [-0.4, -0.2) is 63.8 Å².